The Morgan fingerprint density at radius 3 is 3.00 bits per heavy atom. The first kappa shape index (κ1) is 23.9. The molecule has 1 aromatic heterocycles. The van der Waals surface area contributed by atoms with Crippen LogP contribution >= 0.6 is 35.6 Å². The van der Waals surface area contributed by atoms with Crippen molar-refractivity contribution in [3.05, 3.63) is 47.0 Å². The van der Waals surface area contributed by atoms with Crippen molar-refractivity contribution in [3.63, 3.8) is 0 Å². The van der Waals surface area contributed by atoms with Crippen LogP contribution in [-0.4, -0.2) is 46.5 Å². The Balaban J connectivity index is 0.00000300. The molecule has 1 saturated heterocycles. The van der Waals surface area contributed by atoms with Crippen LogP contribution in [0.4, 0.5) is 0 Å². The molecule has 1 unspecified atom stereocenters. The molecule has 1 aromatic carbocycles. The van der Waals surface area contributed by atoms with Gasteiger partial charge in [0.15, 0.2) is 5.96 Å². The summed E-state index contributed by atoms with van der Waals surface area (Å²) < 4.78 is 7.88. The lowest BCUT2D eigenvalue weighted by molar-refractivity contribution is 0.0194. The third-order valence-corrected chi connectivity index (χ3v) is 4.97. The van der Waals surface area contributed by atoms with E-state index in [1.807, 2.05) is 24.3 Å². The van der Waals surface area contributed by atoms with Crippen LogP contribution in [0.25, 0.3) is 0 Å². The van der Waals surface area contributed by atoms with Gasteiger partial charge in [0.2, 0.25) is 0 Å². The fourth-order valence-corrected chi connectivity index (χ4v) is 3.41. The molecule has 3 rings (SSSR count). The van der Waals surface area contributed by atoms with Crippen LogP contribution in [0.15, 0.2) is 35.6 Å². The van der Waals surface area contributed by atoms with Crippen LogP contribution in [0.3, 0.4) is 0 Å². The van der Waals surface area contributed by atoms with E-state index in [9.17, 15) is 0 Å². The van der Waals surface area contributed by atoms with E-state index in [0.29, 0.717) is 6.54 Å². The highest BCUT2D eigenvalue weighted by Gasteiger charge is 2.14. The third kappa shape index (κ3) is 8.10. The van der Waals surface area contributed by atoms with E-state index in [1.54, 1.807) is 6.33 Å². The number of nitrogens with one attached hydrogen (secondary N) is 2. The second-order valence-corrected chi connectivity index (χ2v) is 7.32. The lowest BCUT2D eigenvalue weighted by atomic mass is 10.1. The van der Waals surface area contributed by atoms with Gasteiger partial charge in [-0.3, -0.25) is 0 Å². The fraction of sp³-hybridized carbons (Fsp3) is 0.550. The number of hydrogen-bond donors (Lipinski definition) is 2. The van der Waals surface area contributed by atoms with E-state index in [2.05, 4.69) is 32.3 Å². The molecule has 0 amide bonds. The van der Waals surface area contributed by atoms with Crippen molar-refractivity contribution in [2.75, 3.05) is 19.7 Å². The van der Waals surface area contributed by atoms with E-state index >= 15 is 0 Å². The zero-order valence-corrected chi connectivity index (χ0v) is 19.9. The molecule has 29 heavy (non-hydrogen) atoms. The topological polar surface area (TPSA) is 76.4 Å². The molecule has 7 nitrogen and oxygen atoms in total. The normalized spacial score (nSPS) is 16.9. The summed E-state index contributed by atoms with van der Waals surface area (Å²) in [6, 6.07) is 7.79. The van der Waals surface area contributed by atoms with Gasteiger partial charge in [0.25, 0.3) is 0 Å². The number of hydrogen-bond acceptors (Lipinski definition) is 4. The average Bonchev–Trinajstić information content (AvgIpc) is 3.18. The van der Waals surface area contributed by atoms with Crippen LogP contribution in [0, 0.1) is 0 Å². The van der Waals surface area contributed by atoms with Crippen LogP contribution in [-0.2, 0) is 24.2 Å². The van der Waals surface area contributed by atoms with Gasteiger partial charge in [-0.25, -0.2) is 4.99 Å². The zero-order valence-electron chi connectivity index (χ0n) is 16.8. The fourth-order valence-electron chi connectivity index (χ4n) is 3.19. The largest absolute Gasteiger partial charge is 0.376 e. The second-order valence-electron chi connectivity index (χ2n) is 6.89. The maximum absolute atomic E-state index is 6.08. The summed E-state index contributed by atoms with van der Waals surface area (Å²) >= 11 is 6.08. The molecule has 0 bridgehead atoms. The summed E-state index contributed by atoms with van der Waals surface area (Å²) in [4.78, 5) is 4.72. The molecule has 1 aliphatic heterocycles. The number of guanidine groups is 1. The van der Waals surface area contributed by atoms with Crippen LogP contribution in [0.2, 0.25) is 5.02 Å². The molecule has 0 spiro atoms. The highest BCUT2D eigenvalue weighted by atomic mass is 127. The number of halogens is 2. The summed E-state index contributed by atoms with van der Waals surface area (Å²) in [6.45, 7) is 5.77. The molecule has 160 valence electrons. The van der Waals surface area contributed by atoms with E-state index in [1.165, 1.54) is 6.42 Å². The van der Waals surface area contributed by atoms with Gasteiger partial charge in [0.1, 0.15) is 12.2 Å². The van der Waals surface area contributed by atoms with Crippen molar-refractivity contribution in [2.24, 2.45) is 4.99 Å². The summed E-state index contributed by atoms with van der Waals surface area (Å²) in [5.74, 6) is 1.77. The van der Waals surface area contributed by atoms with Crippen molar-refractivity contribution in [3.8, 4) is 0 Å². The van der Waals surface area contributed by atoms with Crippen LogP contribution in [0.1, 0.15) is 37.6 Å². The lowest BCUT2D eigenvalue weighted by Crippen LogP contribution is -2.43. The Labute approximate surface area is 194 Å². The van der Waals surface area contributed by atoms with Crippen LogP contribution < -0.4 is 10.6 Å². The molecule has 1 atom stereocenters. The molecule has 2 heterocycles. The summed E-state index contributed by atoms with van der Waals surface area (Å²) in [5, 5.41) is 15.7. The standard InChI is InChI=1S/C20H29ClN6O.HI/c1-2-19-26-25-15-27(19)10-9-22-20(24-14-18-8-3-4-11-28-18)23-13-16-6-5-7-17(21)12-16;/h5-7,12,15,18H,2-4,8-11,13-14H2,1H3,(H2,22,23,24);1H. The highest BCUT2D eigenvalue weighted by Crippen LogP contribution is 2.12. The Kier molecular flexibility index (Phi) is 10.7. The SMILES string of the molecule is CCc1nncn1CCNC(=NCc1cccc(Cl)c1)NCC1CCCCO1.I. The predicted molar refractivity (Wildman–Crippen MR) is 127 cm³/mol. The Morgan fingerprint density at radius 1 is 1.34 bits per heavy atom. The zero-order chi connectivity index (χ0) is 19.6. The van der Waals surface area contributed by atoms with Gasteiger partial charge < -0.3 is 19.9 Å². The molecule has 0 saturated carbocycles. The number of ether oxygens (including phenoxy) is 1. The third-order valence-electron chi connectivity index (χ3n) is 4.74. The summed E-state index contributed by atoms with van der Waals surface area (Å²) in [6.07, 6.45) is 6.36. The minimum Gasteiger partial charge on any atom is -0.376 e. The summed E-state index contributed by atoms with van der Waals surface area (Å²) in [7, 11) is 0. The van der Waals surface area contributed by atoms with Gasteiger partial charge in [-0.2, -0.15) is 0 Å². The first-order chi connectivity index (χ1) is 13.7. The van der Waals surface area contributed by atoms with Crippen molar-refractivity contribution < 1.29 is 4.74 Å². The van der Waals surface area contributed by atoms with E-state index in [0.717, 1.165) is 67.9 Å². The van der Waals surface area contributed by atoms with E-state index in [4.69, 9.17) is 21.3 Å². The van der Waals surface area contributed by atoms with Crippen LogP contribution in [0.5, 0.6) is 0 Å². The second kappa shape index (κ2) is 13.0. The van der Waals surface area contributed by atoms with Gasteiger partial charge >= 0.3 is 0 Å². The number of aliphatic imine (C=N–C) groups is 1. The Hall–Kier alpha value is -1.39. The van der Waals surface area contributed by atoms with Crippen molar-refractivity contribution >= 4 is 41.5 Å². The molecule has 0 radical (unpaired) electrons. The van der Waals surface area contributed by atoms with Gasteiger partial charge in [0.05, 0.1) is 12.6 Å². The lowest BCUT2D eigenvalue weighted by Gasteiger charge is -2.24. The maximum atomic E-state index is 6.08. The van der Waals surface area contributed by atoms with Crippen molar-refractivity contribution in [1.29, 1.82) is 0 Å². The highest BCUT2D eigenvalue weighted by molar-refractivity contribution is 14.0. The molecule has 0 aliphatic carbocycles. The average molecular weight is 533 g/mol. The first-order valence-corrected chi connectivity index (χ1v) is 10.4. The quantitative estimate of drug-likeness (QED) is 0.310. The number of benzene rings is 1. The molecule has 2 N–H and O–H groups in total. The van der Waals surface area contributed by atoms with Gasteiger partial charge in [-0.15, -0.1) is 34.2 Å². The van der Waals surface area contributed by atoms with Crippen molar-refractivity contribution in [1.82, 2.24) is 25.4 Å². The number of aryl methyl sites for hydroxylation is 1. The van der Waals surface area contributed by atoms with Gasteiger partial charge in [-0.1, -0.05) is 30.7 Å². The molecular formula is C20H30ClIN6O. The van der Waals surface area contributed by atoms with E-state index < -0.39 is 0 Å². The Morgan fingerprint density at radius 2 is 2.24 bits per heavy atom. The van der Waals surface area contributed by atoms with Gasteiger partial charge in [0, 0.05) is 37.7 Å². The molecular weight excluding hydrogens is 503 g/mol. The number of rotatable bonds is 8. The molecule has 2 aromatic rings. The minimum absolute atomic E-state index is 0. The summed E-state index contributed by atoms with van der Waals surface area (Å²) in [5.41, 5.74) is 1.08. The Bertz CT molecular complexity index is 763. The number of nitrogens with zero attached hydrogens (tertiary/aromatic N) is 4. The van der Waals surface area contributed by atoms with Gasteiger partial charge in [-0.05, 0) is 37.0 Å². The van der Waals surface area contributed by atoms with Crippen molar-refractivity contribution in [2.45, 2.75) is 51.8 Å². The monoisotopic (exact) mass is 532 g/mol. The molecule has 1 aliphatic rings. The predicted octanol–water partition coefficient (Wildman–Crippen LogP) is 3.42. The smallest absolute Gasteiger partial charge is 0.191 e. The minimum atomic E-state index is 0. The first-order valence-electron chi connectivity index (χ1n) is 9.99. The number of aromatic nitrogens is 3. The molecule has 9 heteroatoms. The maximum Gasteiger partial charge on any atom is 0.191 e. The molecule has 1 fully saturated rings. The van der Waals surface area contributed by atoms with E-state index in [-0.39, 0.29) is 30.1 Å².